The van der Waals surface area contributed by atoms with Crippen molar-refractivity contribution >= 4 is 0 Å². The third-order valence-electron chi connectivity index (χ3n) is 2.93. The largest absolute Gasteiger partial charge is 0.508 e. The third-order valence-corrected chi connectivity index (χ3v) is 2.93. The van der Waals surface area contributed by atoms with Gasteiger partial charge in [0.2, 0.25) is 0 Å². The highest BCUT2D eigenvalue weighted by molar-refractivity contribution is 5.35. The van der Waals surface area contributed by atoms with Crippen LogP contribution < -0.4 is 5.32 Å². The van der Waals surface area contributed by atoms with Crippen LogP contribution in [0.2, 0.25) is 0 Å². The van der Waals surface area contributed by atoms with Gasteiger partial charge in [-0.3, -0.25) is 0 Å². The first-order chi connectivity index (χ1) is 7.15. The number of aliphatic hydroxyl groups is 1. The molecule has 1 saturated carbocycles. The smallest absolute Gasteiger partial charge is 0.120 e. The van der Waals surface area contributed by atoms with Crippen molar-refractivity contribution in [2.45, 2.75) is 38.5 Å². The van der Waals surface area contributed by atoms with Gasteiger partial charge in [-0.1, -0.05) is 17.7 Å². The van der Waals surface area contributed by atoms with Crippen LogP contribution in [0.3, 0.4) is 0 Å². The average Bonchev–Trinajstić information content (AvgIpc) is 2.16. The predicted molar refractivity (Wildman–Crippen MR) is 58.7 cm³/mol. The number of hydrogen-bond acceptors (Lipinski definition) is 3. The lowest BCUT2D eigenvalue weighted by Gasteiger charge is -2.32. The summed E-state index contributed by atoms with van der Waals surface area (Å²) in [4.78, 5) is 0. The highest BCUT2D eigenvalue weighted by atomic mass is 16.3. The van der Waals surface area contributed by atoms with Crippen molar-refractivity contribution in [1.29, 1.82) is 0 Å². The van der Waals surface area contributed by atoms with Crippen LogP contribution in [0.4, 0.5) is 0 Å². The van der Waals surface area contributed by atoms with Crippen molar-refractivity contribution in [3.63, 3.8) is 0 Å². The molecule has 0 spiro atoms. The van der Waals surface area contributed by atoms with Crippen molar-refractivity contribution in [2.75, 3.05) is 0 Å². The maximum absolute atomic E-state index is 9.60. The average molecular weight is 207 g/mol. The molecule has 82 valence electrons. The molecule has 1 aliphatic carbocycles. The summed E-state index contributed by atoms with van der Waals surface area (Å²) < 4.78 is 0. The molecule has 0 heterocycles. The number of aryl methyl sites for hydroxylation is 1. The number of nitrogens with one attached hydrogen (secondary N) is 1. The topological polar surface area (TPSA) is 52.5 Å². The highest BCUT2D eigenvalue weighted by Gasteiger charge is 2.26. The minimum atomic E-state index is -0.131. The molecular weight excluding hydrogens is 190 g/mol. The Kier molecular flexibility index (Phi) is 2.93. The highest BCUT2D eigenvalue weighted by Crippen LogP contribution is 2.22. The van der Waals surface area contributed by atoms with Crippen LogP contribution in [-0.4, -0.2) is 22.4 Å². The summed E-state index contributed by atoms with van der Waals surface area (Å²) >= 11 is 0. The first-order valence-corrected chi connectivity index (χ1v) is 5.35. The van der Waals surface area contributed by atoms with E-state index in [1.165, 1.54) is 0 Å². The molecule has 3 N–H and O–H groups in total. The van der Waals surface area contributed by atoms with Gasteiger partial charge in [0, 0.05) is 18.2 Å². The summed E-state index contributed by atoms with van der Waals surface area (Å²) in [5.74, 6) is 0.341. The van der Waals surface area contributed by atoms with Gasteiger partial charge >= 0.3 is 0 Å². The molecule has 0 atom stereocenters. The fourth-order valence-electron chi connectivity index (χ4n) is 1.86. The number of benzene rings is 1. The van der Waals surface area contributed by atoms with Gasteiger partial charge in [-0.05, 0) is 25.8 Å². The Morgan fingerprint density at radius 3 is 2.80 bits per heavy atom. The number of hydrogen-bond donors (Lipinski definition) is 3. The molecule has 3 nitrogen and oxygen atoms in total. The summed E-state index contributed by atoms with van der Waals surface area (Å²) in [6.07, 6.45) is 1.52. The van der Waals surface area contributed by atoms with Crippen molar-refractivity contribution in [3.8, 4) is 5.75 Å². The summed E-state index contributed by atoms with van der Waals surface area (Å²) in [6, 6.07) is 6.01. The van der Waals surface area contributed by atoms with E-state index in [1.807, 2.05) is 19.1 Å². The zero-order valence-corrected chi connectivity index (χ0v) is 8.90. The first-order valence-electron chi connectivity index (χ1n) is 5.35. The van der Waals surface area contributed by atoms with Crippen molar-refractivity contribution < 1.29 is 10.2 Å². The first kappa shape index (κ1) is 10.5. The zero-order valence-electron chi connectivity index (χ0n) is 8.90. The van der Waals surface area contributed by atoms with E-state index in [9.17, 15) is 5.11 Å². The zero-order chi connectivity index (χ0) is 10.8. The van der Waals surface area contributed by atoms with E-state index in [0.29, 0.717) is 18.3 Å². The number of aliphatic hydroxyl groups excluding tert-OH is 1. The number of aromatic hydroxyl groups is 1. The normalized spacial score (nSPS) is 24.9. The monoisotopic (exact) mass is 207 g/mol. The third kappa shape index (κ3) is 2.49. The molecule has 1 aromatic rings. The fourth-order valence-corrected chi connectivity index (χ4v) is 1.86. The minimum absolute atomic E-state index is 0.131. The number of phenols is 1. The van der Waals surface area contributed by atoms with E-state index < -0.39 is 0 Å². The summed E-state index contributed by atoms with van der Waals surface area (Å²) in [7, 11) is 0. The van der Waals surface area contributed by atoms with Crippen molar-refractivity contribution in [2.24, 2.45) is 0 Å². The Balaban J connectivity index is 1.90. The van der Waals surface area contributed by atoms with E-state index >= 15 is 0 Å². The van der Waals surface area contributed by atoms with E-state index in [0.717, 1.165) is 24.0 Å². The minimum Gasteiger partial charge on any atom is -0.508 e. The van der Waals surface area contributed by atoms with Gasteiger partial charge in [-0.2, -0.15) is 0 Å². The quantitative estimate of drug-likeness (QED) is 0.700. The van der Waals surface area contributed by atoms with Gasteiger partial charge in [0.1, 0.15) is 5.75 Å². The molecule has 1 aliphatic rings. The molecule has 15 heavy (non-hydrogen) atoms. The van der Waals surface area contributed by atoms with E-state index in [2.05, 4.69) is 5.32 Å². The van der Waals surface area contributed by atoms with Crippen molar-refractivity contribution in [1.82, 2.24) is 5.32 Å². The number of phenolic OH excluding ortho intramolecular Hbond substituents is 1. The van der Waals surface area contributed by atoms with Crippen LogP contribution in [0.5, 0.6) is 5.75 Å². The standard InChI is InChI=1S/C12H17NO2/c1-8-2-3-12(15)9(4-8)7-13-10-5-11(14)6-10/h2-4,10-11,13-15H,5-7H2,1H3. The van der Waals surface area contributed by atoms with Gasteiger partial charge in [0.25, 0.3) is 0 Å². The molecule has 0 saturated heterocycles. The second-order valence-electron chi connectivity index (χ2n) is 4.34. The lowest BCUT2D eigenvalue weighted by atomic mass is 9.89. The van der Waals surface area contributed by atoms with Crippen LogP contribution in [0.25, 0.3) is 0 Å². The predicted octanol–water partition coefficient (Wildman–Crippen LogP) is 1.31. The molecule has 0 bridgehead atoms. The van der Waals surface area contributed by atoms with Crippen LogP contribution in [0.1, 0.15) is 24.0 Å². The van der Waals surface area contributed by atoms with E-state index in [1.54, 1.807) is 6.07 Å². The van der Waals surface area contributed by atoms with E-state index in [4.69, 9.17) is 5.11 Å². The van der Waals surface area contributed by atoms with Gasteiger partial charge in [-0.15, -0.1) is 0 Å². The number of rotatable bonds is 3. The molecule has 0 unspecified atom stereocenters. The molecular formula is C12H17NO2. The van der Waals surface area contributed by atoms with Gasteiger partial charge in [-0.25, -0.2) is 0 Å². The summed E-state index contributed by atoms with van der Waals surface area (Å²) in [6.45, 7) is 2.68. The van der Waals surface area contributed by atoms with Gasteiger partial charge < -0.3 is 15.5 Å². The lowest BCUT2D eigenvalue weighted by Crippen LogP contribution is -2.43. The fraction of sp³-hybridized carbons (Fsp3) is 0.500. The summed E-state index contributed by atoms with van der Waals surface area (Å²) in [5.41, 5.74) is 2.08. The lowest BCUT2D eigenvalue weighted by molar-refractivity contribution is 0.0619. The van der Waals surface area contributed by atoms with Crippen LogP contribution in [0.15, 0.2) is 18.2 Å². The van der Waals surface area contributed by atoms with Crippen LogP contribution in [0, 0.1) is 6.92 Å². The second kappa shape index (κ2) is 4.21. The Bertz CT molecular complexity index is 345. The molecule has 0 aliphatic heterocycles. The molecule has 0 amide bonds. The van der Waals surface area contributed by atoms with E-state index in [-0.39, 0.29) is 6.10 Å². The molecule has 0 aromatic heterocycles. The molecule has 1 fully saturated rings. The Hall–Kier alpha value is -1.06. The van der Waals surface area contributed by atoms with Crippen LogP contribution in [-0.2, 0) is 6.54 Å². The molecule has 1 aromatic carbocycles. The maximum Gasteiger partial charge on any atom is 0.120 e. The van der Waals surface area contributed by atoms with Crippen molar-refractivity contribution in [3.05, 3.63) is 29.3 Å². The summed E-state index contributed by atoms with van der Waals surface area (Å²) in [5, 5.41) is 22.0. The molecule has 2 rings (SSSR count). The molecule has 0 radical (unpaired) electrons. The second-order valence-corrected chi connectivity index (χ2v) is 4.34. The Morgan fingerprint density at radius 2 is 2.13 bits per heavy atom. The Morgan fingerprint density at radius 1 is 1.40 bits per heavy atom. The van der Waals surface area contributed by atoms with Gasteiger partial charge in [0.05, 0.1) is 6.10 Å². The Labute approximate surface area is 89.8 Å². The SMILES string of the molecule is Cc1ccc(O)c(CNC2CC(O)C2)c1. The molecule has 3 heteroatoms. The van der Waals surface area contributed by atoms with Gasteiger partial charge in [0.15, 0.2) is 0 Å². The maximum atomic E-state index is 9.60. The van der Waals surface area contributed by atoms with Crippen LogP contribution >= 0.6 is 0 Å².